The predicted octanol–water partition coefficient (Wildman–Crippen LogP) is 5.53. The van der Waals surface area contributed by atoms with Crippen LogP contribution in [0.1, 0.15) is 22.1 Å². The van der Waals surface area contributed by atoms with Gasteiger partial charge in [-0.05, 0) is 60.9 Å². The molecule has 0 saturated carbocycles. The minimum atomic E-state index is -3.76. The minimum Gasteiger partial charge on any atom is -0.497 e. The van der Waals surface area contributed by atoms with Crippen molar-refractivity contribution in [1.82, 2.24) is 4.72 Å². The van der Waals surface area contributed by atoms with Crippen molar-refractivity contribution >= 4 is 33.2 Å². The second kappa shape index (κ2) is 9.84. The van der Waals surface area contributed by atoms with Crippen LogP contribution in [-0.2, 0) is 16.4 Å². The first-order valence-electron chi connectivity index (χ1n) is 9.40. The highest BCUT2D eigenvalue weighted by atomic mass is 35.5. The number of alkyl halides is 1. The zero-order chi connectivity index (χ0) is 21.7. The van der Waals surface area contributed by atoms with E-state index < -0.39 is 21.4 Å². The summed E-state index contributed by atoms with van der Waals surface area (Å²) < 4.78 is 34.0. The van der Waals surface area contributed by atoms with E-state index in [-0.39, 0.29) is 4.90 Å². The molecule has 2 atom stereocenters. The summed E-state index contributed by atoms with van der Waals surface area (Å²) in [6.07, 6.45) is 0.409. The Morgan fingerprint density at radius 3 is 2.10 bits per heavy atom. The van der Waals surface area contributed by atoms with E-state index in [9.17, 15) is 8.42 Å². The quantitative estimate of drug-likeness (QED) is 0.447. The molecule has 0 fully saturated rings. The summed E-state index contributed by atoms with van der Waals surface area (Å²) in [4.78, 5) is 0.202. The molecule has 158 valence electrons. The van der Waals surface area contributed by atoms with E-state index in [0.29, 0.717) is 11.4 Å². The van der Waals surface area contributed by atoms with E-state index in [4.69, 9.17) is 27.9 Å². The molecule has 0 spiro atoms. The summed E-state index contributed by atoms with van der Waals surface area (Å²) in [6.45, 7) is 1.91. The number of hydrogen-bond donors (Lipinski definition) is 1. The van der Waals surface area contributed by atoms with Crippen LogP contribution < -0.4 is 9.46 Å². The summed E-state index contributed by atoms with van der Waals surface area (Å²) in [6, 6.07) is 20.7. The van der Waals surface area contributed by atoms with Crippen LogP contribution in [0.2, 0.25) is 5.02 Å². The summed E-state index contributed by atoms with van der Waals surface area (Å²) in [5.41, 5.74) is 2.71. The van der Waals surface area contributed by atoms with Crippen molar-refractivity contribution in [2.75, 3.05) is 7.11 Å². The molecule has 0 aliphatic carbocycles. The SMILES string of the molecule is COc1ccc(C[C@@H](NS(=O)(=O)c2ccc(C)cc2)[C@@H](Cl)c2ccc(Cl)cc2)cc1. The van der Waals surface area contributed by atoms with Gasteiger partial charge in [0.25, 0.3) is 0 Å². The van der Waals surface area contributed by atoms with Crippen LogP contribution in [0.3, 0.4) is 0 Å². The second-order valence-corrected chi connectivity index (χ2v) is 9.67. The molecule has 3 aromatic carbocycles. The van der Waals surface area contributed by atoms with Gasteiger partial charge in [0.1, 0.15) is 5.75 Å². The number of methoxy groups -OCH3 is 1. The van der Waals surface area contributed by atoms with Crippen LogP contribution in [0.15, 0.2) is 77.7 Å². The average Bonchev–Trinajstić information content (AvgIpc) is 2.74. The van der Waals surface area contributed by atoms with Gasteiger partial charge in [-0.15, -0.1) is 11.6 Å². The van der Waals surface area contributed by atoms with E-state index >= 15 is 0 Å². The molecular formula is C23H23Cl2NO3S. The van der Waals surface area contributed by atoms with Gasteiger partial charge in [-0.25, -0.2) is 13.1 Å². The summed E-state index contributed by atoms with van der Waals surface area (Å²) in [5.74, 6) is 0.732. The number of sulfonamides is 1. The molecule has 0 bridgehead atoms. The fourth-order valence-electron chi connectivity index (χ4n) is 3.08. The number of ether oxygens (including phenoxy) is 1. The Bertz CT molecular complexity index is 1070. The van der Waals surface area contributed by atoms with Gasteiger partial charge in [0.05, 0.1) is 17.4 Å². The summed E-state index contributed by atoms with van der Waals surface area (Å²) in [7, 11) is -2.16. The van der Waals surface area contributed by atoms with E-state index in [2.05, 4.69) is 4.72 Å². The van der Waals surface area contributed by atoms with E-state index in [1.165, 1.54) is 0 Å². The zero-order valence-electron chi connectivity index (χ0n) is 16.7. The number of rotatable bonds is 8. The first-order chi connectivity index (χ1) is 14.3. The fourth-order valence-corrected chi connectivity index (χ4v) is 4.83. The molecule has 0 saturated heterocycles. The van der Waals surface area contributed by atoms with Gasteiger partial charge in [0.2, 0.25) is 10.0 Å². The van der Waals surface area contributed by atoms with E-state index in [0.717, 1.165) is 22.4 Å². The molecule has 0 aliphatic heterocycles. The minimum absolute atomic E-state index is 0.202. The molecule has 0 aliphatic rings. The molecule has 3 rings (SSSR count). The van der Waals surface area contributed by atoms with Crippen LogP contribution in [0.25, 0.3) is 0 Å². The fraction of sp³-hybridized carbons (Fsp3) is 0.217. The molecule has 0 radical (unpaired) electrons. The molecule has 0 amide bonds. The highest BCUT2D eigenvalue weighted by molar-refractivity contribution is 7.89. The average molecular weight is 464 g/mol. The molecule has 1 N–H and O–H groups in total. The Labute approximate surface area is 187 Å². The van der Waals surface area contributed by atoms with Crippen molar-refractivity contribution < 1.29 is 13.2 Å². The Morgan fingerprint density at radius 1 is 0.933 bits per heavy atom. The smallest absolute Gasteiger partial charge is 0.240 e. The lowest BCUT2D eigenvalue weighted by Crippen LogP contribution is -2.39. The van der Waals surface area contributed by atoms with Crippen LogP contribution in [0, 0.1) is 6.92 Å². The first-order valence-corrected chi connectivity index (χ1v) is 11.7. The molecule has 7 heteroatoms. The summed E-state index contributed by atoms with van der Waals surface area (Å²) >= 11 is 12.7. The highest BCUT2D eigenvalue weighted by Crippen LogP contribution is 2.29. The van der Waals surface area contributed by atoms with Gasteiger partial charge in [0, 0.05) is 11.1 Å². The number of halogens is 2. The number of nitrogens with one attached hydrogen (secondary N) is 1. The maximum Gasteiger partial charge on any atom is 0.240 e. The summed E-state index contributed by atoms with van der Waals surface area (Å²) in [5, 5.41) is -0.000788. The Hall–Kier alpha value is -2.05. The van der Waals surface area contributed by atoms with Crippen LogP contribution in [0.4, 0.5) is 0 Å². The lowest BCUT2D eigenvalue weighted by atomic mass is 9.99. The van der Waals surface area contributed by atoms with Crippen molar-refractivity contribution in [2.24, 2.45) is 0 Å². The number of benzene rings is 3. The molecule has 4 nitrogen and oxygen atoms in total. The zero-order valence-corrected chi connectivity index (χ0v) is 19.0. The lowest BCUT2D eigenvalue weighted by molar-refractivity contribution is 0.414. The van der Waals surface area contributed by atoms with Crippen molar-refractivity contribution in [3.05, 3.63) is 94.5 Å². The van der Waals surface area contributed by atoms with Crippen LogP contribution in [0.5, 0.6) is 5.75 Å². The lowest BCUT2D eigenvalue weighted by Gasteiger charge is -2.24. The van der Waals surface area contributed by atoms with E-state index in [1.807, 2.05) is 31.2 Å². The molecule has 0 unspecified atom stereocenters. The van der Waals surface area contributed by atoms with Gasteiger partial charge in [-0.3, -0.25) is 0 Å². The third-order valence-electron chi connectivity index (χ3n) is 4.79. The van der Waals surface area contributed by atoms with Gasteiger partial charge < -0.3 is 4.74 Å². The predicted molar refractivity (Wildman–Crippen MR) is 122 cm³/mol. The van der Waals surface area contributed by atoms with Crippen molar-refractivity contribution in [2.45, 2.75) is 29.7 Å². The first kappa shape index (κ1) is 22.6. The van der Waals surface area contributed by atoms with E-state index in [1.54, 1.807) is 55.6 Å². The number of aryl methyl sites for hydroxylation is 1. The molecule has 0 aromatic heterocycles. The third kappa shape index (κ3) is 5.76. The second-order valence-electron chi connectivity index (χ2n) is 7.05. The molecule has 30 heavy (non-hydrogen) atoms. The van der Waals surface area contributed by atoms with Gasteiger partial charge in [-0.1, -0.05) is 53.6 Å². The van der Waals surface area contributed by atoms with Crippen LogP contribution in [-0.4, -0.2) is 21.6 Å². The van der Waals surface area contributed by atoms with Gasteiger partial charge in [0.15, 0.2) is 0 Å². The Balaban J connectivity index is 1.90. The topological polar surface area (TPSA) is 55.4 Å². The van der Waals surface area contributed by atoms with Crippen molar-refractivity contribution in [1.29, 1.82) is 0 Å². The van der Waals surface area contributed by atoms with Gasteiger partial charge >= 0.3 is 0 Å². The normalized spacial score (nSPS) is 13.6. The maximum atomic E-state index is 13.0. The number of hydrogen-bond acceptors (Lipinski definition) is 3. The van der Waals surface area contributed by atoms with Gasteiger partial charge in [-0.2, -0.15) is 0 Å². The standard InChI is InChI=1S/C23H23Cl2NO3S/c1-16-3-13-21(14-4-16)30(27,28)26-22(15-17-5-11-20(29-2)12-6-17)23(25)18-7-9-19(24)10-8-18/h3-14,22-23,26H,15H2,1-2H3/t22-,23+/m1/s1. The van der Waals surface area contributed by atoms with Crippen LogP contribution >= 0.6 is 23.2 Å². The monoisotopic (exact) mass is 463 g/mol. The van der Waals surface area contributed by atoms with Crippen molar-refractivity contribution in [3.8, 4) is 5.75 Å². The maximum absolute atomic E-state index is 13.0. The molecule has 0 heterocycles. The largest absolute Gasteiger partial charge is 0.497 e. The molecule has 3 aromatic rings. The Kier molecular flexibility index (Phi) is 7.42. The highest BCUT2D eigenvalue weighted by Gasteiger charge is 2.27. The third-order valence-corrected chi connectivity index (χ3v) is 7.11. The van der Waals surface area contributed by atoms with Crippen molar-refractivity contribution in [3.63, 3.8) is 0 Å². The Morgan fingerprint density at radius 2 is 1.53 bits per heavy atom. The molecular weight excluding hydrogens is 441 g/mol.